The van der Waals surface area contributed by atoms with Crippen molar-refractivity contribution >= 4 is 11.8 Å². The van der Waals surface area contributed by atoms with E-state index in [-0.39, 0.29) is 0 Å². The molecule has 0 aromatic heterocycles. The molecule has 1 saturated heterocycles. The number of ether oxygens (including phenoxy) is 1. The van der Waals surface area contributed by atoms with E-state index in [4.69, 9.17) is 10.5 Å². The highest BCUT2D eigenvalue weighted by Gasteiger charge is 2.22. The van der Waals surface area contributed by atoms with Gasteiger partial charge in [-0.05, 0) is 19.8 Å². The van der Waals surface area contributed by atoms with Crippen LogP contribution in [-0.2, 0) is 4.74 Å². The van der Waals surface area contributed by atoms with Gasteiger partial charge in [-0.1, -0.05) is 0 Å². The van der Waals surface area contributed by atoms with Crippen LogP contribution in [-0.4, -0.2) is 41.5 Å². The van der Waals surface area contributed by atoms with Gasteiger partial charge in [0.15, 0.2) is 0 Å². The number of hydrogen-bond donors (Lipinski definition) is 2. The van der Waals surface area contributed by atoms with E-state index in [9.17, 15) is 5.11 Å². The van der Waals surface area contributed by atoms with Gasteiger partial charge in [-0.25, -0.2) is 0 Å². The third-order valence-electron chi connectivity index (χ3n) is 2.24. The molecule has 0 aromatic rings. The van der Waals surface area contributed by atoms with Gasteiger partial charge < -0.3 is 15.6 Å². The summed E-state index contributed by atoms with van der Waals surface area (Å²) < 4.78 is 5.26. The summed E-state index contributed by atoms with van der Waals surface area (Å²) >= 11 is 1.82. The normalized spacial score (nSPS) is 24.2. The van der Waals surface area contributed by atoms with Crippen LogP contribution < -0.4 is 5.73 Å². The lowest BCUT2D eigenvalue weighted by Gasteiger charge is -2.26. The predicted molar refractivity (Wildman–Crippen MR) is 56.0 cm³/mol. The SMILES string of the molecule is CC(O)(CN)CSC1CCOCC1. The average Bonchev–Trinajstić information content (AvgIpc) is 2.17. The summed E-state index contributed by atoms with van der Waals surface area (Å²) in [5.41, 5.74) is 4.73. The number of thioether (sulfide) groups is 1. The van der Waals surface area contributed by atoms with Crippen LogP contribution in [0.1, 0.15) is 19.8 Å². The van der Waals surface area contributed by atoms with Gasteiger partial charge in [-0.2, -0.15) is 11.8 Å². The van der Waals surface area contributed by atoms with Crippen LogP contribution in [0.25, 0.3) is 0 Å². The number of nitrogens with two attached hydrogens (primary N) is 1. The fourth-order valence-corrected chi connectivity index (χ4v) is 2.44. The Labute approximate surface area is 84.0 Å². The Hall–Kier alpha value is 0.230. The van der Waals surface area contributed by atoms with Crippen molar-refractivity contribution in [2.45, 2.75) is 30.6 Å². The van der Waals surface area contributed by atoms with E-state index in [1.807, 2.05) is 11.8 Å². The first-order chi connectivity index (χ1) is 6.14. The molecular weight excluding hydrogens is 186 g/mol. The number of rotatable bonds is 4. The summed E-state index contributed by atoms with van der Waals surface area (Å²) in [6.45, 7) is 3.85. The van der Waals surface area contributed by atoms with Crippen molar-refractivity contribution in [2.24, 2.45) is 5.73 Å². The lowest BCUT2D eigenvalue weighted by atomic mass is 10.1. The molecule has 0 saturated carbocycles. The summed E-state index contributed by atoms with van der Waals surface area (Å²) in [6.07, 6.45) is 2.20. The highest BCUT2D eigenvalue weighted by atomic mass is 32.2. The zero-order chi connectivity index (χ0) is 9.73. The molecule has 1 atom stereocenters. The second kappa shape index (κ2) is 5.20. The monoisotopic (exact) mass is 205 g/mol. The van der Waals surface area contributed by atoms with E-state index >= 15 is 0 Å². The van der Waals surface area contributed by atoms with Gasteiger partial charge in [-0.15, -0.1) is 0 Å². The number of hydrogen-bond acceptors (Lipinski definition) is 4. The summed E-state index contributed by atoms with van der Waals surface area (Å²) in [6, 6.07) is 0. The van der Waals surface area contributed by atoms with Gasteiger partial charge in [0, 0.05) is 30.8 Å². The molecule has 13 heavy (non-hydrogen) atoms. The molecule has 0 spiro atoms. The van der Waals surface area contributed by atoms with E-state index in [0.29, 0.717) is 11.8 Å². The fourth-order valence-electron chi connectivity index (χ4n) is 1.20. The highest BCUT2D eigenvalue weighted by Crippen LogP contribution is 2.24. The van der Waals surface area contributed by atoms with Gasteiger partial charge in [0.2, 0.25) is 0 Å². The van der Waals surface area contributed by atoms with Crippen molar-refractivity contribution in [1.29, 1.82) is 0 Å². The van der Waals surface area contributed by atoms with Crippen LogP contribution in [0.3, 0.4) is 0 Å². The van der Waals surface area contributed by atoms with E-state index in [0.717, 1.165) is 31.8 Å². The van der Waals surface area contributed by atoms with Crippen molar-refractivity contribution in [1.82, 2.24) is 0 Å². The zero-order valence-corrected chi connectivity index (χ0v) is 8.98. The van der Waals surface area contributed by atoms with Gasteiger partial charge >= 0.3 is 0 Å². The van der Waals surface area contributed by atoms with Crippen LogP contribution in [0.4, 0.5) is 0 Å². The van der Waals surface area contributed by atoms with Gasteiger partial charge in [0.05, 0.1) is 5.60 Å². The standard InChI is InChI=1S/C9H19NO2S/c1-9(11,6-10)7-13-8-2-4-12-5-3-8/h8,11H,2-7,10H2,1H3. The first-order valence-corrected chi connectivity index (χ1v) is 5.81. The van der Waals surface area contributed by atoms with Crippen LogP contribution in [0.15, 0.2) is 0 Å². The molecule has 1 heterocycles. The van der Waals surface area contributed by atoms with Crippen LogP contribution in [0.2, 0.25) is 0 Å². The fraction of sp³-hybridized carbons (Fsp3) is 1.00. The maximum absolute atomic E-state index is 9.68. The smallest absolute Gasteiger partial charge is 0.0831 e. The lowest BCUT2D eigenvalue weighted by molar-refractivity contribution is 0.0914. The summed E-state index contributed by atoms with van der Waals surface area (Å²) in [5, 5.41) is 10.3. The third kappa shape index (κ3) is 4.31. The molecule has 1 rings (SSSR count). The van der Waals surface area contributed by atoms with Gasteiger partial charge in [0.1, 0.15) is 0 Å². The van der Waals surface area contributed by atoms with Gasteiger partial charge in [-0.3, -0.25) is 0 Å². The largest absolute Gasteiger partial charge is 0.388 e. The molecule has 1 unspecified atom stereocenters. The van der Waals surface area contributed by atoms with Crippen LogP contribution >= 0.6 is 11.8 Å². The Morgan fingerprint density at radius 1 is 1.54 bits per heavy atom. The van der Waals surface area contributed by atoms with Gasteiger partial charge in [0.25, 0.3) is 0 Å². The molecule has 1 aliphatic heterocycles. The van der Waals surface area contributed by atoms with E-state index in [1.54, 1.807) is 6.92 Å². The van der Waals surface area contributed by atoms with Crippen molar-refractivity contribution in [3.63, 3.8) is 0 Å². The Balaban J connectivity index is 2.17. The average molecular weight is 205 g/mol. The Morgan fingerprint density at radius 2 is 2.15 bits per heavy atom. The molecule has 0 amide bonds. The lowest BCUT2D eigenvalue weighted by Crippen LogP contribution is -2.37. The maximum atomic E-state index is 9.68. The second-order valence-electron chi connectivity index (χ2n) is 3.82. The Morgan fingerprint density at radius 3 is 2.69 bits per heavy atom. The van der Waals surface area contributed by atoms with E-state index in [2.05, 4.69) is 0 Å². The molecule has 78 valence electrons. The molecule has 4 heteroatoms. The molecule has 0 bridgehead atoms. The first-order valence-electron chi connectivity index (χ1n) is 4.76. The predicted octanol–water partition coefficient (Wildman–Crippen LogP) is 0.608. The topological polar surface area (TPSA) is 55.5 Å². The molecule has 3 nitrogen and oxygen atoms in total. The van der Waals surface area contributed by atoms with Crippen molar-refractivity contribution < 1.29 is 9.84 Å². The molecule has 0 aliphatic carbocycles. The number of aliphatic hydroxyl groups is 1. The highest BCUT2D eigenvalue weighted by molar-refractivity contribution is 7.99. The Bertz CT molecular complexity index is 147. The summed E-state index contributed by atoms with van der Waals surface area (Å²) in [4.78, 5) is 0. The first kappa shape index (κ1) is 11.3. The Kier molecular flexibility index (Phi) is 4.52. The van der Waals surface area contributed by atoms with Crippen molar-refractivity contribution in [2.75, 3.05) is 25.5 Å². The zero-order valence-electron chi connectivity index (χ0n) is 8.16. The quantitative estimate of drug-likeness (QED) is 0.706. The van der Waals surface area contributed by atoms with Crippen LogP contribution in [0, 0.1) is 0 Å². The third-order valence-corrected chi connectivity index (χ3v) is 3.97. The minimum atomic E-state index is -0.705. The summed E-state index contributed by atoms with van der Waals surface area (Å²) in [7, 11) is 0. The molecule has 1 aliphatic rings. The molecule has 0 radical (unpaired) electrons. The van der Waals surface area contributed by atoms with E-state index in [1.165, 1.54) is 0 Å². The minimum absolute atomic E-state index is 0.337. The minimum Gasteiger partial charge on any atom is -0.388 e. The molecule has 0 aromatic carbocycles. The molecule has 3 N–H and O–H groups in total. The molecular formula is C9H19NO2S. The maximum Gasteiger partial charge on any atom is 0.0831 e. The molecule has 1 fully saturated rings. The van der Waals surface area contributed by atoms with Crippen molar-refractivity contribution in [3.05, 3.63) is 0 Å². The van der Waals surface area contributed by atoms with Crippen LogP contribution in [0.5, 0.6) is 0 Å². The summed E-state index contributed by atoms with van der Waals surface area (Å²) in [5.74, 6) is 0.730. The van der Waals surface area contributed by atoms with Crippen molar-refractivity contribution in [3.8, 4) is 0 Å². The van der Waals surface area contributed by atoms with E-state index < -0.39 is 5.60 Å². The second-order valence-corrected chi connectivity index (χ2v) is 5.11.